The molecule has 0 radical (unpaired) electrons. The Hall–Kier alpha value is -1.68. The first-order valence-corrected chi connectivity index (χ1v) is 10.0. The first-order valence-electron chi connectivity index (χ1n) is 10.0. The van der Waals surface area contributed by atoms with Crippen LogP contribution in [0.15, 0.2) is 54.6 Å². The third-order valence-corrected chi connectivity index (χ3v) is 6.71. The van der Waals surface area contributed by atoms with Crippen LogP contribution in [0.25, 0.3) is 0 Å². The van der Waals surface area contributed by atoms with Gasteiger partial charge in [-0.2, -0.15) is 0 Å². The van der Waals surface area contributed by atoms with E-state index in [0.717, 1.165) is 43.4 Å². The SMILES string of the molecule is CNCc1ccc(CN2C[C@H]3[C@H]4CN(Cc5ccccc5)C[C@@H]2[C@H]43)cc1. The van der Waals surface area contributed by atoms with Gasteiger partial charge in [-0.05, 0) is 41.5 Å². The summed E-state index contributed by atoms with van der Waals surface area (Å²) in [7, 11) is 2.01. The Kier molecular flexibility index (Phi) is 4.32. The highest BCUT2D eigenvalue weighted by molar-refractivity contribution is 5.24. The van der Waals surface area contributed by atoms with E-state index in [2.05, 4.69) is 69.7 Å². The van der Waals surface area contributed by atoms with Crippen molar-refractivity contribution in [2.75, 3.05) is 26.7 Å². The summed E-state index contributed by atoms with van der Waals surface area (Å²) in [4.78, 5) is 5.46. The molecule has 0 spiro atoms. The van der Waals surface area contributed by atoms with E-state index < -0.39 is 0 Å². The van der Waals surface area contributed by atoms with Crippen LogP contribution >= 0.6 is 0 Å². The number of nitrogens with zero attached hydrogens (tertiary/aromatic N) is 2. The minimum atomic E-state index is 0.763. The molecule has 2 aromatic rings. The number of benzene rings is 2. The van der Waals surface area contributed by atoms with Crippen LogP contribution in [0.2, 0.25) is 0 Å². The molecule has 2 aromatic carbocycles. The van der Waals surface area contributed by atoms with Crippen LogP contribution in [0.3, 0.4) is 0 Å². The lowest BCUT2D eigenvalue weighted by Crippen LogP contribution is -2.48. The van der Waals surface area contributed by atoms with Gasteiger partial charge in [0.25, 0.3) is 0 Å². The summed E-state index contributed by atoms with van der Waals surface area (Å²) in [5, 5.41) is 3.23. The van der Waals surface area contributed by atoms with Crippen LogP contribution in [-0.2, 0) is 19.6 Å². The van der Waals surface area contributed by atoms with Crippen molar-refractivity contribution in [2.24, 2.45) is 17.8 Å². The maximum Gasteiger partial charge on any atom is 0.0261 e. The Morgan fingerprint density at radius 1 is 0.808 bits per heavy atom. The van der Waals surface area contributed by atoms with E-state index in [4.69, 9.17) is 0 Å². The van der Waals surface area contributed by atoms with Gasteiger partial charge in [-0.25, -0.2) is 0 Å². The molecule has 0 aromatic heterocycles. The summed E-state index contributed by atoms with van der Waals surface area (Å²) in [6.45, 7) is 7.05. The smallest absolute Gasteiger partial charge is 0.0261 e. The molecule has 26 heavy (non-hydrogen) atoms. The Balaban J connectivity index is 1.23. The fourth-order valence-corrected chi connectivity index (χ4v) is 5.44. The maximum atomic E-state index is 3.23. The van der Waals surface area contributed by atoms with Gasteiger partial charge in [-0.1, -0.05) is 54.6 Å². The molecular weight excluding hydrogens is 318 g/mol. The van der Waals surface area contributed by atoms with Crippen molar-refractivity contribution in [1.82, 2.24) is 15.1 Å². The number of piperidine rings is 2. The monoisotopic (exact) mass is 347 g/mol. The van der Waals surface area contributed by atoms with Crippen molar-refractivity contribution in [3.8, 4) is 0 Å². The first kappa shape index (κ1) is 16.5. The van der Waals surface area contributed by atoms with Crippen LogP contribution in [0.4, 0.5) is 0 Å². The molecule has 2 heterocycles. The second-order valence-electron chi connectivity index (χ2n) is 8.43. The molecule has 136 valence electrons. The summed E-state index contributed by atoms with van der Waals surface area (Å²) in [5.74, 6) is 2.90. The van der Waals surface area contributed by atoms with Crippen LogP contribution < -0.4 is 5.32 Å². The molecule has 2 aliphatic heterocycles. The van der Waals surface area contributed by atoms with Gasteiger partial charge in [0.2, 0.25) is 0 Å². The normalized spacial score (nSPS) is 30.3. The quantitative estimate of drug-likeness (QED) is 0.867. The average Bonchev–Trinajstić information content (AvgIpc) is 3.22. The van der Waals surface area contributed by atoms with Crippen LogP contribution in [0.1, 0.15) is 16.7 Å². The fourth-order valence-electron chi connectivity index (χ4n) is 5.44. The predicted molar refractivity (Wildman–Crippen MR) is 106 cm³/mol. The topological polar surface area (TPSA) is 18.5 Å². The van der Waals surface area contributed by atoms with Crippen molar-refractivity contribution < 1.29 is 0 Å². The van der Waals surface area contributed by atoms with Gasteiger partial charge < -0.3 is 5.32 Å². The van der Waals surface area contributed by atoms with Gasteiger partial charge in [-0.3, -0.25) is 9.80 Å². The summed E-state index contributed by atoms with van der Waals surface area (Å²) in [5.41, 5.74) is 4.28. The van der Waals surface area contributed by atoms with E-state index in [1.165, 1.54) is 36.3 Å². The Morgan fingerprint density at radius 3 is 2.27 bits per heavy atom. The van der Waals surface area contributed by atoms with E-state index in [1.54, 1.807) is 0 Å². The minimum absolute atomic E-state index is 0.763. The number of hydrogen-bond acceptors (Lipinski definition) is 3. The van der Waals surface area contributed by atoms with E-state index >= 15 is 0 Å². The second kappa shape index (κ2) is 6.80. The first-order chi connectivity index (χ1) is 12.8. The molecule has 0 unspecified atom stereocenters. The van der Waals surface area contributed by atoms with Crippen LogP contribution in [-0.4, -0.2) is 42.5 Å². The number of rotatable bonds is 6. The highest BCUT2D eigenvalue weighted by Gasteiger charge is 2.63. The standard InChI is InChI=1S/C23H29N3/c1-24-11-17-7-9-19(10-8-17)13-26-15-21-20-14-25(16-22(26)23(20)21)12-18-5-3-2-4-6-18/h2-10,20-24H,11-16H2,1H3/t20-,21+,22-,23-/m1/s1. The van der Waals surface area contributed by atoms with Gasteiger partial charge in [0.05, 0.1) is 0 Å². The summed E-state index contributed by atoms with van der Waals surface area (Å²) in [6, 6.07) is 20.9. The molecule has 3 heteroatoms. The molecule has 2 saturated heterocycles. The molecule has 0 bridgehead atoms. The average molecular weight is 348 g/mol. The molecule has 3 aliphatic rings. The zero-order valence-corrected chi connectivity index (χ0v) is 15.6. The van der Waals surface area contributed by atoms with E-state index in [-0.39, 0.29) is 0 Å². The molecule has 1 saturated carbocycles. The number of nitrogens with one attached hydrogen (secondary N) is 1. The van der Waals surface area contributed by atoms with Crippen LogP contribution in [0.5, 0.6) is 0 Å². The number of hydrogen-bond donors (Lipinski definition) is 1. The Labute approximate surface area is 157 Å². The molecular formula is C23H29N3. The number of likely N-dealkylation sites (tertiary alicyclic amines) is 2. The molecule has 1 aliphatic carbocycles. The molecule has 0 amide bonds. The molecule has 4 atom stereocenters. The fraction of sp³-hybridized carbons (Fsp3) is 0.478. The van der Waals surface area contributed by atoms with Crippen LogP contribution in [0, 0.1) is 17.8 Å². The van der Waals surface area contributed by atoms with Crippen molar-refractivity contribution in [3.63, 3.8) is 0 Å². The molecule has 3 nitrogen and oxygen atoms in total. The molecule has 1 N–H and O–H groups in total. The minimum Gasteiger partial charge on any atom is -0.316 e. The lowest BCUT2D eigenvalue weighted by atomic mass is 10.0. The Morgan fingerprint density at radius 2 is 1.50 bits per heavy atom. The Bertz CT molecular complexity index is 742. The predicted octanol–water partition coefficient (Wildman–Crippen LogP) is 2.97. The van der Waals surface area contributed by atoms with E-state index in [9.17, 15) is 0 Å². The van der Waals surface area contributed by atoms with Gasteiger partial charge in [0, 0.05) is 45.3 Å². The summed E-state index contributed by atoms with van der Waals surface area (Å²) in [6.07, 6.45) is 0. The maximum absolute atomic E-state index is 3.23. The zero-order chi connectivity index (χ0) is 17.5. The largest absolute Gasteiger partial charge is 0.316 e. The van der Waals surface area contributed by atoms with Gasteiger partial charge in [0.1, 0.15) is 0 Å². The zero-order valence-electron chi connectivity index (χ0n) is 15.6. The number of fused-ring (bicyclic) bond motifs is 1. The molecule has 3 fully saturated rings. The van der Waals surface area contributed by atoms with E-state index in [0.29, 0.717) is 0 Å². The third-order valence-electron chi connectivity index (χ3n) is 6.71. The van der Waals surface area contributed by atoms with E-state index in [1.807, 2.05) is 7.05 Å². The summed E-state index contributed by atoms with van der Waals surface area (Å²) < 4.78 is 0. The van der Waals surface area contributed by atoms with Crippen molar-refractivity contribution >= 4 is 0 Å². The van der Waals surface area contributed by atoms with Crippen molar-refractivity contribution in [2.45, 2.75) is 25.7 Å². The summed E-state index contributed by atoms with van der Waals surface area (Å²) >= 11 is 0. The lowest BCUT2D eigenvalue weighted by molar-refractivity contribution is 0.0859. The van der Waals surface area contributed by atoms with Crippen molar-refractivity contribution in [1.29, 1.82) is 0 Å². The highest BCUT2D eigenvalue weighted by Crippen LogP contribution is 2.58. The van der Waals surface area contributed by atoms with Gasteiger partial charge in [0.15, 0.2) is 0 Å². The van der Waals surface area contributed by atoms with Crippen molar-refractivity contribution in [3.05, 3.63) is 71.3 Å². The molecule has 5 rings (SSSR count). The highest BCUT2D eigenvalue weighted by atomic mass is 15.3. The third kappa shape index (κ3) is 3.09. The van der Waals surface area contributed by atoms with Gasteiger partial charge >= 0.3 is 0 Å². The lowest BCUT2D eigenvalue weighted by Gasteiger charge is -2.38. The van der Waals surface area contributed by atoms with Gasteiger partial charge in [-0.15, -0.1) is 0 Å². The second-order valence-corrected chi connectivity index (χ2v) is 8.43.